The zero-order chi connectivity index (χ0) is 18.7. The molecule has 0 spiro atoms. The van der Waals surface area contributed by atoms with E-state index in [2.05, 4.69) is 10.3 Å². The zero-order valence-corrected chi connectivity index (χ0v) is 15.6. The monoisotopic (exact) mass is 390 g/mol. The van der Waals surface area contributed by atoms with E-state index < -0.39 is 5.91 Å². The SMILES string of the molecule is CC(C)Oc1ccccc1NC(=O)c1coc(-c2ccc(Cl)c(Cl)c2)n1. The van der Waals surface area contributed by atoms with E-state index in [1.807, 2.05) is 26.0 Å². The highest BCUT2D eigenvalue weighted by atomic mass is 35.5. The molecule has 0 saturated heterocycles. The van der Waals surface area contributed by atoms with Crippen molar-refractivity contribution >= 4 is 34.8 Å². The Morgan fingerprint density at radius 3 is 2.65 bits per heavy atom. The molecule has 0 atom stereocenters. The third-order valence-corrected chi connectivity index (χ3v) is 4.14. The number of halogens is 2. The van der Waals surface area contributed by atoms with Gasteiger partial charge in [-0.15, -0.1) is 0 Å². The van der Waals surface area contributed by atoms with Crippen LogP contribution in [0.1, 0.15) is 24.3 Å². The van der Waals surface area contributed by atoms with Gasteiger partial charge in [0.1, 0.15) is 12.0 Å². The summed E-state index contributed by atoms with van der Waals surface area (Å²) in [5.74, 6) is 0.462. The second-order valence-corrected chi connectivity index (χ2v) is 6.60. The van der Waals surface area contributed by atoms with Gasteiger partial charge in [-0.1, -0.05) is 35.3 Å². The van der Waals surface area contributed by atoms with Crippen molar-refractivity contribution in [1.29, 1.82) is 0 Å². The average molecular weight is 391 g/mol. The topological polar surface area (TPSA) is 64.4 Å². The first-order valence-corrected chi connectivity index (χ1v) is 8.67. The van der Waals surface area contributed by atoms with Gasteiger partial charge in [-0.2, -0.15) is 0 Å². The van der Waals surface area contributed by atoms with Gasteiger partial charge in [-0.05, 0) is 44.2 Å². The number of ether oxygens (including phenoxy) is 1. The van der Waals surface area contributed by atoms with Crippen molar-refractivity contribution in [2.45, 2.75) is 20.0 Å². The number of amides is 1. The molecule has 1 amide bonds. The van der Waals surface area contributed by atoms with E-state index >= 15 is 0 Å². The van der Waals surface area contributed by atoms with E-state index in [0.717, 1.165) is 0 Å². The Bertz CT molecular complexity index is 938. The Morgan fingerprint density at radius 2 is 1.92 bits per heavy atom. The smallest absolute Gasteiger partial charge is 0.277 e. The summed E-state index contributed by atoms with van der Waals surface area (Å²) in [7, 11) is 0. The molecule has 26 heavy (non-hydrogen) atoms. The first kappa shape index (κ1) is 18.3. The molecule has 1 N–H and O–H groups in total. The number of oxazole rings is 1. The summed E-state index contributed by atoms with van der Waals surface area (Å²) >= 11 is 11.9. The largest absolute Gasteiger partial charge is 0.489 e. The number of carbonyl (C=O) groups excluding carboxylic acids is 1. The summed E-state index contributed by atoms with van der Waals surface area (Å²) in [6, 6.07) is 12.2. The van der Waals surface area contributed by atoms with Crippen LogP contribution in [-0.2, 0) is 0 Å². The molecule has 0 aliphatic heterocycles. The van der Waals surface area contributed by atoms with Crippen LogP contribution in [0.5, 0.6) is 5.75 Å². The first-order valence-electron chi connectivity index (χ1n) is 7.92. The molecule has 0 unspecified atom stereocenters. The summed E-state index contributed by atoms with van der Waals surface area (Å²) in [5, 5.41) is 3.60. The van der Waals surface area contributed by atoms with Crippen molar-refractivity contribution in [2.24, 2.45) is 0 Å². The van der Waals surface area contributed by atoms with E-state index in [1.54, 1.807) is 30.3 Å². The maximum Gasteiger partial charge on any atom is 0.277 e. The maximum absolute atomic E-state index is 12.5. The van der Waals surface area contributed by atoms with Gasteiger partial charge in [0.2, 0.25) is 5.89 Å². The van der Waals surface area contributed by atoms with Crippen LogP contribution in [0.2, 0.25) is 10.0 Å². The van der Waals surface area contributed by atoms with Gasteiger partial charge in [0.15, 0.2) is 5.69 Å². The van der Waals surface area contributed by atoms with E-state index in [0.29, 0.717) is 27.0 Å². The van der Waals surface area contributed by atoms with Crippen molar-refractivity contribution in [1.82, 2.24) is 4.98 Å². The van der Waals surface area contributed by atoms with Crippen LogP contribution in [0.15, 0.2) is 53.1 Å². The van der Waals surface area contributed by atoms with Gasteiger partial charge >= 0.3 is 0 Å². The van der Waals surface area contributed by atoms with E-state index in [4.69, 9.17) is 32.4 Å². The van der Waals surface area contributed by atoms with Gasteiger partial charge in [0.05, 0.1) is 21.8 Å². The van der Waals surface area contributed by atoms with Crippen molar-refractivity contribution in [3.63, 3.8) is 0 Å². The molecule has 0 aliphatic rings. The fourth-order valence-electron chi connectivity index (χ4n) is 2.25. The van der Waals surface area contributed by atoms with E-state index in [-0.39, 0.29) is 17.7 Å². The lowest BCUT2D eigenvalue weighted by atomic mass is 10.2. The molecule has 0 radical (unpaired) electrons. The molecule has 7 heteroatoms. The van der Waals surface area contributed by atoms with Crippen molar-refractivity contribution in [3.05, 3.63) is 64.5 Å². The molecule has 3 rings (SSSR count). The van der Waals surface area contributed by atoms with Crippen molar-refractivity contribution in [2.75, 3.05) is 5.32 Å². The van der Waals surface area contributed by atoms with E-state index in [1.165, 1.54) is 6.26 Å². The van der Waals surface area contributed by atoms with Crippen LogP contribution in [0.4, 0.5) is 5.69 Å². The molecule has 2 aromatic carbocycles. The summed E-state index contributed by atoms with van der Waals surface area (Å²) in [5.41, 5.74) is 1.33. The number of aromatic nitrogens is 1. The maximum atomic E-state index is 12.5. The molecule has 3 aromatic rings. The normalized spacial score (nSPS) is 10.8. The minimum absolute atomic E-state index is 0.0126. The number of para-hydroxylation sites is 2. The Labute approximate surface area is 160 Å². The third-order valence-electron chi connectivity index (χ3n) is 3.40. The Balaban J connectivity index is 1.80. The number of hydrogen-bond acceptors (Lipinski definition) is 4. The summed E-state index contributed by atoms with van der Waals surface area (Å²) in [6.07, 6.45) is 1.28. The molecule has 134 valence electrons. The zero-order valence-electron chi connectivity index (χ0n) is 14.1. The van der Waals surface area contributed by atoms with Crippen LogP contribution >= 0.6 is 23.2 Å². The van der Waals surface area contributed by atoms with Gasteiger partial charge < -0.3 is 14.5 Å². The summed E-state index contributed by atoms with van der Waals surface area (Å²) in [4.78, 5) is 16.7. The third kappa shape index (κ3) is 4.18. The number of benzene rings is 2. The number of rotatable bonds is 5. The second kappa shape index (κ2) is 7.81. The second-order valence-electron chi connectivity index (χ2n) is 5.78. The van der Waals surface area contributed by atoms with Crippen molar-refractivity contribution in [3.8, 4) is 17.2 Å². The van der Waals surface area contributed by atoms with Gasteiger partial charge in [0.25, 0.3) is 5.91 Å². The molecule has 0 saturated carbocycles. The molecule has 0 bridgehead atoms. The minimum atomic E-state index is -0.403. The fourth-order valence-corrected chi connectivity index (χ4v) is 2.55. The molecule has 1 aromatic heterocycles. The Morgan fingerprint density at radius 1 is 1.15 bits per heavy atom. The average Bonchev–Trinajstić information content (AvgIpc) is 3.09. The lowest BCUT2D eigenvalue weighted by molar-refractivity contribution is 0.102. The van der Waals surface area contributed by atoms with Crippen LogP contribution < -0.4 is 10.1 Å². The molecule has 0 aliphatic carbocycles. The summed E-state index contributed by atoms with van der Waals surface area (Å²) < 4.78 is 11.1. The lowest BCUT2D eigenvalue weighted by Gasteiger charge is -2.14. The van der Waals surface area contributed by atoms with Crippen LogP contribution in [0, 0.1) is 0 Å². The van der Waals surface area contributed by atoms with Crippen LogP contribution in [0.25, 0.3) is 11.5 Å². The highest BCUT2D eigenvalue weighted by Crippen LogP contribution is 2.29. The standard InChI is InChI=1S/C19H16Cl2N2O3/c1-11(2)26-17-6-4-3-5-15(17)22-18(24)16-10-25-19(23-16)12-7-8-13(20)14(21)9-12/h3-11H,1-2H3,(H,22,24). The van der Waals surface area contributed by atoms with Gasteiger partial charge in [-0.3, -0.25) is 4.79 Å². The number of anilines is 1. The first-order chi connectivity index (χ1) is 12.4. The highest BCUT2D eigenvalue weighted by molar-refractivity contribution is 6.42. The van der Waals surface area contributed by atoms with Gasteiger partial charge in [-0.25, -0.2) is 4.98 Å². The van der Waals surface area contributed by atoms with Crippen LogP contribution in [0.3, 0.4) is 0 Å². The predicted molar refractivity (Wildman–Crippen MR) is 102 cm³/mol. The minimum Gasteiger partial charge on any atom is -0.489 e. The predicted octanol–water partition coefficient (Wildman–Crippen LogP) is 5.69. The Hall–Kier alpha value is -2.50. The van der Waals surface area contributed by atoms with E-state index in [9.17, 15) is 4.79 Å². The van der Waals surface area contributed by atoms with Gasteiger partial charge in [0, 0.05) is 5.56 Å². The lowest BCUT2D eigenvalue weighted by Crippen LogP contribution is -2.14. The number of nitrogens with one attached hydrogen (secondary N) is 1. The van der Waals surface area contributed by atoms with Crippen molar-refractivity contribution < 1.29 is 13.9 Å². The summed E-state index contributed by atoms with van der Waals surface area (Å²) in [6.45, 7) is 3.83. The molecule has 1 heterocycles. The highest BCUT2D eigenvalue weighted by Gasteiger charge is 2.16. The Kier molecular flexibility index (Phi) is 5.49. The molecule has 0 fully saturated rings. The molecular formula is C19H16Cl2N2O3. The number of hydrogen-bond donors (Lipinski definition) is 1. The number of carbonyl (C=O) groups is 1. The quantitative estimate of drug-likeness (QED) is 0.607. The van der Waals surface area contributed by atoms with Crippen LogP contribution in [-0.4, -0.2) is 17.0 Å². The number of nitrogens with zero attached hydrogens (tertiary/aromatic N) is 1. The molecule has 5 nitrogen and oxygen atoms in total. The molecular weight excluding hydrogens is 375 g/mol. The fraction of sp³-hybridized carbons (Fsp3) is 0.158.